The van der Waals surface area contributed by atoms with Crippen molar-refractivity contribution in [3.63, 3.8) is 0 Å². The second-order valence-corrected chi connectivity index (χ2v) is 6.82. The van der Waals surface area contributed by atoms with Gasteiger partial charge in [0.1, 0.15) is 5.75 Å². The second-order valence-electron chi connectivity index (χ2n) is 6.82. The summed E-state index contributed by atoms with van der Waals surface area (Å²) < 4.78 is 10.8. The first-order valence-electron chi connectivity index (χ1n) is 8.95. The van der Waals surface area contributed by atoms with Gasteiger partial charge in [-0.25, -0.2) is 0 Å². The molecule has 1 amide bonds. The van der Waals surface area contributed by atoms with Crippen molar-refractivity contribution >= 4 is 18.3 Å². The van der Waals surface area contributed by atoms with Crippen molar-refractivity contribution in [3.05, 3.63) is 29.8 Å². The number of fused-ring (bicyclic) bond motifs is 1. The van der Waals surface area contributed by atoms with Crippen LogP contribution in [0.4, 0.5) is 0 Å². The van der Waals surface area contributed by atoms with E-state index in [1.807, 2.05) is 17.0 Å². The fraction of sp³-hybridized carbons (Fsp3) is 0.632. The number of hydrogen-bond donors (Lipinski definition) is 1. The number of halogens is 1. The van der Waals surface area contributed by atoms with Crippen molar-refractivity contribution in [1.82, 2.24) is 10.2 Å². The Hall–Kier alpha value is -1.30. The summed E-state index contributed by atoms with van der Waals surface area (Å²) in [5.74, 6) is 2.48. The van der Waals surface area contributed by atoms with Crippen molar-refractivity contribution in [2.75, 3.05) is 46.5 Å². The third-order valence-corrected chi connectivity index (χ3v) is 5.06. The summed E-state index contributed by atoms with van der Waals surface area (Å²) in [5, 5.41) is 3.40. The number of amides is 1. The molecule has 1 aromatic carbocycles. The van der Waals surface area contributed by atoms with Crippen molar-refractivity contribution in [2.45, 2.75) is 19.3 Å². The maximum absolute atomic E-state index is 12.3. The Balaban J connectivity index is 0.00000225. The molecule has 2 aliphatic rings. The average molecular weight is 369 g/mol. The van der Waals surface area contributed by atoms with Crippen LogP contribution in [-0.4, -0.2) is 57.3 Å². The Labute approximate surface area is 156 Å². The van der Waals surface area contributed by atoms with Crippen LogP contribution in [0.3, 0.4) is 0 Å². The van der Waals surface area contributed by atoms with E-state index in [1.54, 1.807) is 7.11 Å². The first kappa shape index (κ1) is 20.0. The highest BCUT2D eigenvalue weighted by Crippen LogP contribution is 2.26. The predicted molar refractivity (Wildman–Crippen MR) is 100 cm³/mol. The van der Waals surface area contributed by atoms with Crippen LogP contribution in [0.15, 0.2) is 24.3 Å². The number of hydrogen-bond acceptors (Lipinski definition) is 4. The van der Waals surface area contributed by atoms with Crippen LogP contribution in [0.1, 0.15) is 18.4 Å². The monoisotopic (exact) mass is 368 g/mol. The van der Waals surface area contributed by atoms with Gasteiger partial charge in [0.25, 0.3) is 0 Å². The smallest absolute Gasteiger partial charge is 0.222 e. The Bertz CT molecular complexity index is 526. The van der Waals surface area contributed by atoms with E-state index in [0.717, 1.165) is 51.4 Å². The summed E-state index contributed by atoms with van der Waals surface area (Å²) in [6.07, 6.45) is 2.27. The van der Waals surface area contributed by atoms with E-state index >= 15 is 0 Å². The van der Waals surface area contributed by atoms with Gasteiger partial charge in [0.15, 0.2) is 0 Å². The van der Waals surface area contributed by atoms with Gasteiger partial charge in [0.05, 0.1) is 13.2 Å². The quantitative estimate of drug-likeness (QED) is 0.714. The molecule has 0 aromatic heterocycles. The molecule has 2 heterocycles. The fourth-order valence-corrected chi connectivity index (χ4v) is 3.60. The number of rotatable bonds is 8. The first-order chi connectivity index (χ1) is 11.8. The molecular formula is C19H29ClN2O3. The van der Waals surface area contributed by atoms with Gasteiger partial charge < -0.3 is 19.7 Å². The van der Waals surface area contributed by atoms with Crippen LogP contribution in [0, 0.1) is 11.8 Å². The summed E-state index contributed by atoms with van der Waals surface area (Å²) in [6.45, 7) is 5.32. The maximum Gasteiger partial charge on any atom is 0.222 e. The largest absolute Gasteiger partial charge is 0.494 e. The van der Waals surface area contributed by atoms with Gasteiger partial charge in [-0.2, -0.15) is 0 Å². The van der Waals surface area contributed by atoms with Crippen LogP contribution in [-0.2, 0) is 16.0 Å². The van der Waals surface area contributed by atoms with Gasteiger partial charge in [-0.1, -0.05) is 12.1 Å². The third-order valence-electron chi connectivity index (χ3n) is 5.06. The van der Waals surface area contributed by atoms with Crippen LogP contribution in [0.2, 0.25) is 0 Å². The van der Waals surface area contributed by atoms with Gasteiger partial charge >= 0.3 is 0 Å². The molecule has 140 valence electrons. The Kier molecular flexibility index (Phi) is 8.00. The lowest BCUT2D eigenvalue weighted by molar-refractivity contribution is -0.130. The SMILES string of the molecule is COCCc1ccc(OCCCC(=O)N2C[C@H]3CNC[C@H]3C2)cc1.Cl. The molecule has 2 atom stereocenters. The Morgan fingerprint density at radius 1 is 1.16 bits per heavy atom. The number of ether oxygens (including phenoxy) is 2. The molecule has 0 aliphatic carbocycles. The lowest BCUT2D eigenvalue weighted by Crippen LogP contribution is -2.31. The molecule has 2 saturated heterocycles. The minimum absolute atomic E-state index is 0. The van der Waals surface area contributed by atoms with Crippen molar-refractivity contribution in [2.24, 2.45) is 11.8 Å². The van der Waals surface area contributed by atoms with E-state index < -0.39 is 0 Å². The molecule has 0 bridgehead atoms. The fourth-order valence-electron chi connectivity index (χ4n) is 3.60. The molecule has 2 aliphatic heterocycles. The highest BCUT2D eigenvalue weighted by atomic mass is 35.5. The zero-order chi connectivity index (χ0) is 16.8. The molecule has 3 rings (SSSR count). The number of nitrogens with one attached hydrogen (secondary N) is 1. The van der Waals surface area contributed by atoms with Crippen LogP contribution in [0.25, 0.3) is 0 Å². The van der Waals surface area contributed by atoms with Crippen molar-refractivity contribution in [1.29, 1.82) is 0 Å². The van der Waals surface area contributed by atoms with Crippen LogP contribution < -0.4 is 10.1 Å². The molecule has 6 heteroatoms. The molecule has 5 nitrogen and oxygen atoms in total. The normalized spacial score (nSPS) is 21.7. The molecule has 1 aromatic rings. The van der Waals surface area contributed by atoms with E-state index in [4.69, 9.17) is 9.47 Å². The topological polar surface area (TPSA) is 50.8 Å². The van der Waals surface area contributed by atoms with Crippen molar-refractivity contribution < 1.29 is 14.3 Å². The number of benzene rings is 1. The van der Waals surface area contributed by atoms with Crippen molar-refractivity contribution in [3.8, 4) is 5.75 Å². The molecule has 0 spiro atoms. The number of methoxy groups -OCH3 is 1. The molecule has 0 saturated carbocycles. The van der Waals surface area contributed by atoms with Gasteiger partial charge in [0.2, 0.25) is 5.91 Å². The second kappa shape index (κ2) is 10.00. The molecule has 0 unspecified atom stereocenters. The molecule has 1 N–H and O–H groups in total. The summed E-state index contributed by atoms with van der Waals surface area (Å²) in [4.78, 5) is 14.3. The first-order valence-corrected chi connectivity index (χ1v) is 8.95. The summed E-state index contributed by atoms with van der Waals surface area (Å²) >= 11 is 0. The Morgan fingerprint density at radius 2 is 1.84 bits per heavy atom. The lowest BCUT2D eigenvalue weighted by Gasteiger charge is -2.17. The standard InChI is InChI=1S/C19H28N2O3.ClH/c1-23-10-8-15-4-6-18(7-5-15)24-9-2-3-19(22)21-13-16-11-20-12-17(16)14-21;/h4-7,16-17,20H,2-3,8-14H2,1H3;1H/t16-,17+;. The molecule has 0 radical (unpaired) electrons. The summed E-state index contributed by atoms with van der Waals surface area (Å²) in [6, 6.07) is 8.11. The summed E-state index contributed by atoms with van der Waals surface area (Å²) in [5.41, 5.74) is 1.24. The molecule has 2 fully saturated rings. The van der Waals surface area contributed by atoms with E-state index in [9.17, 15) is 4.79 Å². The highest BCUT2D eigenvalue weighted by molar-refractivity contribution is 5.85. The van der Waals surface area contributed by atoms with E-state index in [-0.39, 0.29) is 18.3 Å². The van der Waals surface area contributed by atoms with E-state index in [1.165, 1.54) is 5.56 Å². The average Bonchev–Trinajstić information content (AvgIpc) is 3.19. The minimum atomic E-state index is 0. The van der Waals surface area contributed by atoms with Gasteiger partial charge in [-0.3, -0.25) is 4.79 Å². The van der Waals surface area contributed by atoms with E-state index in [2.05, 4.69) is 17.4 Å². The molecule has 25 heavy (non-hydrogen) atoms. The third kappa shape index (κ3) is 5.59. The number of carbonyl (C=O) groups excluding carboxylic acids is 1. The number of nitrogens with zero attached hydrogens (tertiary/aromatic N) is 1. The zero-order valence-electron chi connectivity index (χ0n) is 14.9. The van der Waals surface area contributed by atoms with Crippen LogP contribution in [0.5, 0.6) is 5.75 Å². The summed E-state index contributed by atoms with van der Waals surface area (Å²) in [7, 11) is 1.71. The van der Waals surface area contributed by atoms with Crippen LogP contribution >= 0.6 is 12.4 Å². The maximum atomic E-state index is 12.3. The lowest BCUT2D eigenvalue weighted by atomic mass is 10.0. The Morgan fingerprint density at radius 3 is 2.48 bits per heavy atom. The van der Waals surface area contributed by atoms with Gasteiger partial charge in [-0.15, -0.1) is 12.4 Å². The van der Waals surface area contributed by atoms with E-state index in [0.29, 0.717) is 24.9 Å². The minimum Gasteiger partial charge on any atom is -0.494 e. The number of likely N-dealkylation sites (tertiary alicyclic amines) is 1. The zero-order valence-corrected chi connectivity index (χ0v) is 15.7. The highest BCUT2D eigenvalue weighted by Gasteiger charge is 2.37. The predicted octanol–water partition coefficient (Wildman–Crippen LogP) is 2.13. The number of carbonyl (C=O) groups is 1. The van der Waals surface area contributed by atoms with Gasteiger partial charge in [-0.05, 0) is 42.4 Å². The van der Waals surface area contributed by atoms with Gasteiger partial charge in [0, 0.05) is 39.7 Å². The molecular weight excluding hydrogens is 340 g/mol.